The lowest BCUT2D eigenvalue weighted by molar-refractivity contribution is 0.0915. The monoisotopic (exact) mass is 459 g/mol. The number of carbonyl (C=O) groups is 1. The summed E-state index contributed by atoms with van der Waals surface area (Å²) in [5, 5.41) is 6.86. The summed E-state index contributed by atoms with van der Waals surface area (Å²) < 4.78 is 42.1. The summed E-state index contributed by atoms with van der Waals surface area (Å²) >= 11 is 0. The predicted octanol–water partition coefficient (Wildman–Crippen LogP) is 3.28. The Kier molecular flexibility index (Phi) is 7.16. The Hall–Kier alpha value is -3.37. The molecule has 1 N–H and O–H groups in total. The third-order valence-electron chi connectivity index (χ3n) is 4.31. The molecule has 0 fully saturated rings. The maximum Gasteiger partial charge on any atom is 0.257 e. The zero-order valence-electron chi connectivity index (χ0n) is 18.2. The Morgan fingerprint density at radius 3 is 2.53 bits per heavy atom. The van der Waals surface area contributed by atoms with Gasteiger partial charge in [0.25, 0.3) is 5.91 Å². The second-order valence-corrected chi connectivity index (χ2v) is 9.27. The lowest BCUT2D eigenvalue weighted by Crippen LogP contribution is -2.18. The number of methoxy groups -OCH3 is 1. The van der Waals surface area contributed by atoms with Crippen molar-refractivity contribution in [1.29, 1.82) is 0 Å². The van der Waals surface area contributed by atoms with E-state index in [1.165, 1.54) is 12.1 Å². The number of anilines is 1. The van der Waals surface area contributed by atoms with Crippen molar-refractivity contribution >= 4 is 21.6 Å². The highest BCUT2D eigenvalue weighted by Gasteiger charge is 2.15. The van der Waals surface area contributed by atoms with Crippen LogP contribution in [0.25, 0.3) is 0 Å². The quantitative estimate of drug-likeness (QED) is 0.523. The molecule has 1 aromatic heterocycles. The number of aryl methyl sites for hydroxylation is 1. The third-order valence-corrected chi connectivity index (χ3v) is 5.42. The number of nitrogens with one attached hydrogen (secondary N) is 1. The van der Waals surface area contributed by atoms with Crippen LogP contribution >= 0.6 is 0 Å². The first-order chi connectivity index (χ1) is 15.1. The van der Waals surface area contributed by atoms with Gasteiger partial charge in [-0.05, 0) is 37.3 Å². The summed E-state index contributed by atoms with van der Waals surface area (Å²) in [6.45, 7) is 2.19. The maximum atomic E-state index is 12.8. The maximum absolute atomic E-state index is 12.8. The summed E-state index contributed by atoms with van der Waals surface area (Å²) in [6, 6.07) is 12.5. The number of carbonyl (C=O) groups excluding carboxylic acids is 1. The smallest absolute Gasteiger partial charge is 0.257 e. The van der Waals surface area contributed by atoms with Crippen LogP contribution in [0.2, 0.25) is 0 Å². The molecule has 1 amide bonds. The molecule has 0 radical (unpaired) electrons. The van der Waals surface area contributed by atoms with Gasteiger partial charge in [-0.15, -0.1) is 0 Å². The van der Waals surface area contributed by atoms with E-state index in [2.05, 4.69) is 10.4 Å². The van der Waals surface area contributed by atoms with E-state index < -0.39 is 15.7 Å². The van der Waals surface area contributed by atoms with Crippen molar-refractivity contribution in [2.45, 2.75) is 17.9 Å². The van der Waals surface area contributed by atoms with Gasteiger partial charge in [-0.1, -0.05) is 6.07 Å². The standard InChI is InChI=1S/C22H25N3O6S/c1-15(14-29-3)30-18-10-16(22(26)23-21-8-9-25(2)24-21)11-19(12-18)31-17-6-5-7-20(13-17)32(4,27)28/h5-13,15H,14H2,1-4H3,(H,23,24,26). The summed E-state index contributed by atoms with van der Waals surface area (Å²) in [7, 11) is -0.0766. The Labute approximate surface area is 186 Å². The van der Waals surface area contributed by atoms with Crippen LogP contribution in [0.3, 0.4) is 0 Å². The zero-order valence-corrected chi connectivity index (χ0v) is 19.0. The Morgan fingerprint density at radius 2 is 1.88 bits per heavy atom. The highest BCUT2D eigenvalue weighted by atomic mass is 32.2. The van der Waals surface area contributed by atoms with Crippen LogP contribution in [0.4, 0.5) is 5.82 Å². The second kappa shape index (κ2) is 9.84. The number of aromatic nitrogens is 2. The topological polar surface area (TPSA) is 109 Å². The van der Waals surface area contributed by atoms with Gasteiger partial charge in [-0.2, -0.15) is 5.10 Å². The molecule has 170 valence electrons. The summed E-state index contributed by atoms with van der Waals surface area (Å²) in [6.07, 6.45) is 2.57. The number of hydrogen-bond donors (Lipinski definition) is 1. The molecule has 0 aliphatic heterocycles. The van der Waals surface area contributed by atoms with Crippen LogP contribution < -0.4 is 14.8 Å². The number of ether oxygens (including phenoxy) is 3. The van der Waals surface area contributed by atoms with E-state index in [1.54, 1.807) is 61.4 Å². The van der Waals surface area contributed by atoms with Crippen molar-refractivity contribution in [3.8, 4) is 17.2 Å². The number of hydrogen-bond acceptors (Lipinski definition) is 7. The minimum absolute atomic E-state index is 0.129. The molecule has 32 heavy (non-hydrogen) atoms. The first kappa shape index (κ1) is 23.3. The van der Waals surface area contributed by atoms with Crippen LogP contribution in [0.5, 0.6) is 17.2 Å². The molecule has 1 unspecified atom stereocenters. The van der Waals surface area contributed by atoms with Crippen molar-refractivity contribution in [3.63, 3.8) is 0 Å². The SMILES string of the molecule is COCC(C)Oc1cc(Oc2cccc(S(C)(=O)=O)c2)cc(C(=O)Nc2ccn(C)n2)c1. The van der Waals surface area contributed by atoms with Gasteiger partial charge in [0.05, 0.1) is 11.5 Å². The van der Waals surface area contributed by atoms with Crippen LogP contribution in [0, 0.1) is 0 Å². The van der Waals surface area contributed by atoms with Crippen LogP contribution in [0.15, 0.2) is 59.6 Å². The minimum atomic E-state index is -3.39. The molecule has 2 aromatic carbocycles. The molecule has 3 aromatic rings. The molecule has 0 bridgehead atoms. The van der Waals surface area contributed by atoms with Crippen LogP contribution in [-0.4, -0.2) is 50.2 Å². The third kappa shape index (κ3) is 6.32. The first-order valence-corrected chi connectivity index (χ1v) is 11.6. The molecule has 0 spiro atoms. The summed E-state index contributed by atoms with van der Waals surface area (Å²) in [5.74, 6) is 1.02. The molecule has 9 nitrogen and oxygen atoms in total. The molecule has 1 heterocycles. The Morgan fingerprint density at radius 1 is 1.12 bits per heavy atom. The molecule has 0 saturated heterocycles. The number of sulfone groups is 1. The number of nitrogens with zero attached hydrogens (tertiary/aromatic N) is 2. The molecule has 0 aliphatic carbocycles. The van der Waals surface area contributed by atoms with Gasteiger partial charge in [0.1, 0.15) is 23.4 Å². The Bertz CT molecular complexity index is 1210. The van der Waals surface area contributed by atoms with Crippen molar-refractivity contribution in [2.24, 2.45) is 7.05 Å². The van der Waals surface area contributed by atoms with Crippen molar-refractivity contribution in [2.75, 3.05) is 25.3 Å². The minimum Gasteiger partial charge on any atom is -0.488 e. The van der Waals surface area contributed by atoms with Gasteiger partial charge < -0.3 is 19.5 Å². The molecule has 1 atom stereocenters. The van der Waals surface area contributed by atoms with Gasteiger partial charge in [-0.3, -0.25) is 9.48 Å². The zero-order chi connectivity index (χ0) is 23.3. The lowest BCUT2D eigenvalue weighted by Gasteiger charge is -2.16. The van der Waals surface area contributed by atoms with Crippen LogP contribution in [0.1, 0.15) is 17.3 Å². The van der Waals surface area contributed by atoms with Gasteiger partial charge in [0.2, 0.25) is 0 Å². The molecular formula is C22H25N3O6S. The highest BCUT2D eigenvalue weighted by molar-refractivity contribution is 7.90. The largest absolute Gasteiger partial charge is 0.488 e. The lowest BCUT2D eigenvalue weighted by atomic mass is 10.2. The average molecular weight is 460 g/mol. The fourth-order valence-corrected chi connectivity index (χ4v) is 3.56. The van der Waals surface area contributed by atoms with E-state index in [-0.39, 0.29) is 16.6 Å². The van der Waals surface area contributed by atoms with E-state index >= 15 is 0 Å². The summed E-state index contributed by atoms with van der Waals surface area (Å²) in [4.78, 5) is 12.9. The van der Waals surface area contributed by atoms with E-state index in [0.29, 0.717) is 29.7 Å². The predicted molar refractivity (Wildman–Crippen MR) is 119 cm³/mol. The number of amides is 1. The normalized spacial score (nSPS) is 12.2. The number of rotatable bonds is 9. The van der Waals surface area contributed by atoms with Gasteiger partial charge >= 0.3 is 0 Å². The van der Waals surface area contributed by atoms with E-state index in [9.17, 15) is 13.2 Å². The first-order valence-electron chi connectivity index (χ1n) is 9.73. The molecule has 3 rings (SSSR count). The number of benzene rings is 2. The highest BCUT2D eigenvalue weighted by Crippen LogP contribution is 2.29. The van der Waals surface area contributed by atoms with Gasteiger partial charge in [-0.25, -0.2) is 8.42 Å². The van der Waals surface area contributed by atoms with Crippen molar-refractivity contribution < 1.29 is 27.4 Å². The van der Waals surface area contributed by atoms with Gasteiger partial charge in [0, 0.05) is 44.3 Å². The van der Waals surface area contributed by atoms with Gasteiger partial charge in [0.15, 0.2) is 15.7 Å². The van der Waals surface area contributed by atoms with Crippen LogP contribution in [-0.2, 0) is 21.6 Å². The average Bonchev–Trinajstić information content (AvgIpc) is 3.12. The fourth-order valence-electron chi connectivity index (χ4n) is 2.91. The van der Waals surface area contributed by atoms with E-state index in [4.69, 9.17) is 14.2 Å². The fraction of sp³-hybridized carbons (Fsp3) is 0.273. The van der Waals surface area contributed by atoms with E-state index in [1.807, 2.05) is 6.92 Å². The second-order valence-electron chi connectivity index (χ2n) is 7.25. The molecule has 0 saturated carbocycles. The summed E-state index contributed by atoms with van der Waals surface area (Å²) in [5.41, 5.74) is 0.284. The Balaban J connectivity index is 1.91. The molecule has 0 aliphatic rings. The van der Waals surface area contributed by atoms with Crippen molar-refractivity contribution in [3.05, 3.63) is 60.3 Å². The molecule has 10 heteroatoms. The van der Waals surface area contributed by atoms with Crippen molar-refractivity contribution in [1.82, 2.24) is 9.78 Å². The molecular weight excluding hydrogens is 434 g/mol. The van der Waals surface area contributed by atoms with E-state index in [0.717, 1.165) is 6.26 Å².